The number of rotatable bonds is 4. The highest BCUT2D eigenvalue weighted by atomic mass is 79.9. The number of hydrogen-bond acceptors (Lipinski definition) is 4. The van der Waals surface area contributed by atoms with Crippen LogP contribution in [0, 0.1) is 0 Å². The number of hydrogen-bond donors (Lipinski definition) is 2. The Morgan fingerprint density at radius 3 is 2.88 bits per heavy atom. The Balaban J connectivity index is 2.69. The summed E-state index contributed by atoms with van der Waals surface area (Å²) in [5.41, 5.74) is 5.67. The molecule has 0 aromatic carbocycles. The molecule has 0 radical (unpaired) electrons. The molecule has 16 heavy (non-hydrogen) atoms. The molecule has 0 aliphatic heterocycles. The molecule has 1 aromatic heterocycles. The molecule has 1 rings (SSSR count). The molecular formula is C9H12Br2N4O. The lowest BCUT2D eigenvalue weighted by Gasteiger charge is -2.11. The molecule has 0 aliphatic carbocycles. The van der Waals surface area contributed by atoms with Gasteiger partial charge in [-0.1, -0.05) is 13.3 Å². The Labute approximate surface area is 110 Å². The van der Waals surface area contributed by atoms with Crippen LogP contribution >= 0.6 is 31.9 Å². The van der Waals surface area contributed by atoms with Gasteiger partial charge in [0, 0.05) is 0 Å². The molecule has 1 amide bonds. The molecule has 1 unspecified atom stereocenters. The van der Waals surface area contributed by atoms with Crippen LogP contribution in [0.1, 0.15) is 19.8 Å². The standard InChI is InChI=1S/C9H12Br2N4O/c1-2-3-5(12)9(16)15-8-7(11)14-6(10)4-13-8/h4-5H,2-3,12H2,1H3,(H,13,15,16). The van der Waals surface area contributed by atoms with Gasteiger partial charge in [0.2, 0.25) is 5.91 Å². The molecule has 0 bridgehead atoms. The van der Waals surface area contributed by atoms with Crippen LogP contribution in [0.5, 0.6) is 0 Å². The second kappa shape index (κ2) is 6.27. The van der Waals surface area contributed by atoms with Gasteiger partial charge < -0.3 is 11.1 Å². The van der Waals surface area contributed by atoms with Gasteiger partial charge in [-0.3, -0.25) is 4.79 Å². The summed E-state index contributed by atoms with van der Waals surface area (Å²) in [4.78, 5) is 19.7. The third kappa shape index (κ3) is 3.80. The minimum atomic E-state index is -0.512. The van der Waals surface area contributed by atoms with Gasteiger partial charge in [-0.2, -0.15) is 0 Å². The third-order valence-corrected chi connectivity index (χ3v) is 2.81. The lowest BCUT2D eigenvalue weighted by atomic mass is 10.2. The average molecular weight is 352 g/mol. The fourth-order valence-corrected chi connectivity index (χ4v) is 1.99. The van der Waals surface area contributed by atoms with Crippen LogP contribution < -0.4 is 11.1 Å². The van der Waals surface area contributed by atoms with E-state index in [0.717, 1.165) is 6.42 Å². The molecule has 88 valence electrons. The number of nitrogens with zero attached hydrogens (tertiary/aromatic N) is 2. The van der Waals surface area contributed by atoms with E-state index in [1.165, 1.54) is 6.20 Å². The van der Waals surface area contributed by atoms with Crippen molar-refractivity contribution < 1.29 is 4.79 Å². The van der Waals surface area contributed by atoms with Gasteiger partial charge in [-0.15, -0.1) is 0 Å². The third-order valence-electron chi connectivity index (χ3n) is 1.88. The number of nitrogens with two attached hydrogens (primary N) is 1. The van der Waals surface area contributed by atoms with E-state index in [1.807, 2.05) is 6.92 Å². The maximum atomic E-state index is 11.6. The normalized spacial score (nSPS) is 12.2. The Bertz CT molecular complexity index is 386. The van der Waals surface area contributed by atoms with E-state index in [0.29, 0.717) is 21.4 Å². The van der Waals surface area contributed by atoms with Crippen LogP contribution in [0.2, 0.25) is 0 Å². The summed E-state index contributed by atoms with van der Waals surface area (Å²) in [5, 5.41) is 2.62. The van der Waals surface area contributed by atoms with E-state index in [9.17, 15) is 4.79 Å². The summed E-state index contributed by atoms with van der Waals surface area (Å²) < 4.78 is 1.06. The van der Waals surface area contributed by atoms with E-state index in [2.05, 4.69) is 47.1 Å². The summed E-state index contributed by atoms with van der Waals surface area (Å²) in [7, 11) is 0. The van der Waals surface area contributed by atoms with Crippen molar-refractivity contribution in [3.8, 4) is 0 Å². The molecule has 3 N–H and O–H groups in total. The topological polar surface area (TPSA) is 80.9 Å². The summed E-state index contributed by atoms with van der Waals surface area (Å²) in [6, 6.07) is -0.512. The number of anilines is 1. The van der Waals surface area contributed by atoms with E-state index in [4.69, 9.17) is 5.73 Å². The predicted molar refractivity (Wildman–Crippen MR) is 68.9 cm³/mol. The Hall–Kier alpha value is -0.530. The van der Waals surface area contributed by atoms with Gasteiger partial charge in [-0.25, -0.2) is 9.97 Å². The SMILES string of the molecule is CCCC(N)C(=O)Nc1ncc(Br)nc1Br. The number of carbonyl (C=O) groups excluding carboxylic acids is 1. The minimum absolute atomic E-state index is 0.251. The van der Waals surface area contributed by atoms with Crippen LogP contribution in [0.4, 0.5) is 5.82 Å². The smallest absolute Gasteiger partial charge is 0.242 e. The maximum absolute atomic E-state index is 11.6. The number of nitrogens with one attached hydrogen (secondary N) is 1. The minimum Gasteiger partial charge on any atom is -0.320 e. The van der Waals surface area contributed by atoms with Gasteiger partial charge in [0.15, 0.2) is 5.82 Å². The number of amides is 1. The van der Waals surface area contributed by atoms with Crippen molar-refractivity contribution in [2.45, 2.75) is 25.8 Å². The van der Waals surface area contributed by atoms with Crippen molar-refractivity contribution in [2.75, 3.05) is 5.32 Å². The quantitative estimate of drug-likeness (QED) is 0.870. The van der Waals surface area contributed by atoms with Crippen molar-refractivity contribution in [1.82, 2.24) is 9.97 Å². The van der Waals surface area contributed by atoms with E-state index < -0.39 is 6.04 Å². The summed E-state index contributed by atoms with van der Waals surface area (Å²) in [6.45, 7) is 1.97. The first-order chi connectivity index (χ1) is 7.54. The molecule has 1 atom stereocenters. The second-order valence-corrected chi connectivity index (χ2v) is 4.78. The van der Waals surface area contributed by atoms with Gasteiger partial charge in [0.05, 0.1) is 12.2 Å². The van der Waals surface area contributed by atoms with E-state index >= 15 is 0 Å². The Kier molecular flexibility index (Phi) is 5.30. The summed E-state index contributed by atoms with van der Waals surface area (Å²) >= 11 is 6.38. The molecule has 7 heteroatoms. The zero-order valence-electron chi connectivity index (χ0n) is 8.70. The molecule has 5 nitrogen and oxygen atoms in total. The highest BCUT2D eigenvalue weighted by molar-refractivity contribution is 9.11. The van der Waals surface area contributed by atoms with Crippen LogP contribution in [-0.4, -0.2) is 21.9 Å². The summed E-state index contributed by atoms with van der Waals surface area (Å²) in [6.07, 6.45) is 3.01. The van der Waals surface area contributed by atoms with Gasteiger partial charge in [0.25, 0.3) is 0 Å². The number of halogens is 2. The molecule has 0 fully saturated rings. The van der Waals surface area contributed by atoms with Crippen LogP contribution in [0.15, 0.2) is 15.4 Å². The fraction of sp³-hybridized carbons (Fsp3) is 0.444. The van der Waals surface area contributed by atoms with Crippen LogP contribution in [0.3, 0.4) is 0 Å². The zero-order chi connectivity index (χ0) is 12.1. The van der Waals surface area contributed by atoms with Crippen molar-refractivity contribution in [1.29, 1.82) is 0 Å². The van der Waals surface area contributed by atoms with E-state index in [1.54, 1.807) is 0 Å². The molecule has 0 aliphatic rings. The van der Waals surface area contributed by atoms with Crippen molar-refractivity contribution >= 4 is 43.6 Å². The Morgan fingerprint density at radius 2 is 2.31 bits per heavy atom. The van der Waals surface area contributed by atoms with Gasteiger partial charge >= 0.3 is 0 Å². The molecule has 0 saturated heterocycles. The van der Waals surface area contributed by atoms with Crippen molar-refractivity contribution in [3.63, 3.8) is 0 Å². The average Bonchev–Trinajstić information content (AvgIpc) is 2.22. The number of carbonyl (C=O) groups is 1. The van der Waals surface area contributed by atoms with Crippen LogP contribution in [0.25, 0.3) is 0 Å². The first-order valence-corrected chi connectivity index (χ1v) is 6.37. The van der Waals surface area contributed by atoms with Crippen molar-refractivity contribution in [3.05, 3.63) is 15.4 Å². The van der Waals surface area contributed by atoms with Crippen LogP contribution in [-0.2, 0) is 4.79 Å². The van der Waals surface area contributed by atoms with Crippen molar-refractivity contribution in [2.24, 2.45) is 5.73 Å². The Morgan fingerprint density at radius 1 is 1.62 bits per heavy atom. The molecule has 1 heterocycles. The first kappa shape index (κ1) is 13.5. The highest BCUT2D eigenvalue weighted by Crippen LogP contribution is 2.19. The predicted octanol–water partition coefficient (Wildman–Crippen LogP) is 2.07. The van der Waals surface area contributed by atoms with Gasteiger partial charge in [-0.05, 0) is 38.3 Å². The monoisotopic (exact) mass is 350 g/mol. The molecule has 1 aromatic rings. The highest BCUT2D eigenvalue weighted by Gasteiger charge is 2.14. The lowest BCUT2D eigenvalue weighted by molar-refractivity contribution is -0.117. The molecule has 0 saturated carbocycles. The largest absolute Gasteiger partial charge is 0.320 e. The number of aromatic nitrogens is 2. The van der Waals surface area contributed by atoms with Gasteiger partial charge in [0.1, 0.15) is 9.21 Å². The fourth-order valence-electron chi connectivity index (χ4n) is 1.08. The summed E-state index contributed by atoms with van der Waals surface area (Å²) in [5.74, 6) is 0.124. The zero-order valence-corrected chi connectivity index (χ0v) is 11.9. The first-order valence-electron chi connectivity index (χ1n) is 4.79. The van der Waals surface area contributed by atoms with E-state index in [-0.39, 0.29) is 5.91 Å². The second-order valence-electron chi connectivity index (χ2n) is 3.22. The lowest BCUT2D eigenvalue weighted by Crippen LogP contribution is -2.35. The molecular weight excluding hydrogens is 340 g/mol. The maximum Gasteiger partial charge on any atom is 0.242 e. The molecule has 0 spiro atoms.